The average molecular weight is 520 g/mol. The number of amides is 1. The van der Waals surface area contributed by atoms with Gasteiger partial charge in [0, 0.05) is 24.2 Å². The zero-order chi connectivity index (χ0) is 26.3. The molecule has 3 aromatic rings. The number of rotatable bonds is 10. The third-order valence-electron chi connectivity index (χ3n) is 8.59. The van der Waals surface area contributed by atoms with E-state index in [9.17, 15) is 13.6 Å². The van der Waals surface area contributed by atoms with Gasteiger partial charge in [-0.2, -0.15) is 0 Å². The van der Waals surface area contributed by atoms with E-state index in [1.807, 2.05) is 23.8 Å². The topological polar surface area (TPSA) is 71.0 Å². The van der Waals surface area contributed by atoms with Crippen molar-refractivity contribution in [2.45, 2.75) is 82.5 Å². The van der Waals surface area contributed by atoms with Gasteiger partial charge in [0.1, 0.15) is 18.0 Å². The molecule has 0 radical (unpaired) electrons. The van der Waals surface area contributed by atoms with Gasteiger partial charge in [-0.1, -0.05) is 31.5 Å². The summed E-state index contributed by atoms with van der Waals surface area (Å²) in [6.45, 7) is 2.84. The van der Waals surface area contributed by atoms with Crippen LogP contribution >= 0.6 is 0 Å². The summed E-state index contributed by atoms with van der Waals surface area (Å²) in [6, 6.07) is 10.1. The lowest BCUT2D eigenvalue weighted by Gasteiger charge is -2.62. The minimum Gasteiger partial charge on any atom is -0.308 e. The van der Waals surface area contributed by atoms with Gasteiger partial charge in [-0.3, -0.25) is 4.79 Å². The third kappa shape index (κ3) is 4.99. The molecule has 7 rings (SSSR count). The average Bonchev–Trinajstić information content (AvgIpc) is 3.31. The number of aryl methyl sites for hydroxylation is 1. The Hall–Kier alpha value is -3.10. The molecule has 38 heavy (non-hydrogen) atoms. The Morgan fingerprint density at radius 1 is 1.21 bits per heavy atom. The lowest BCUT2D eigenvalue weighted by Crippen LogP contribution is -2.66. The molecule has 2 bridgehead atoms. The van der Waals surface area contributed by atoms with Crippen LogP contribution in [-0.4, -0.2) is 33.1 Å². The number of nitrogens with zero attached hydrogens (tertiary/aromatic N) is 2. The minimum absolute atomic E-state index is 0.0530. The second kappa shape index (κ2) is 10.2. The first kappa shape index (κ1) is 25.2. The molecule has 0 saturated heterocycles. The van der Waals surface area contributed by atoms with Gasteiger partial charge >= 0.3 is 0 Å². The molecule has 4 aliphatic carbocycles. The summed E-state index contributed by atoms with van der Waals surface area (Å²) in [5.41, 5.74) is 3.87. The molecular weight excluding hydrogens is 484 g/mol. The largest absolute Gasteiger partial charge is 0.308 e. The SMILES string of the molecule is CCC[C@@H](N[C@H]1CCc2cc(F)cc(F)c2C1)C(=O)Nc1cn(-c2ccccc2CNC23CC(C2)C3)cn1. The molecule has 0 spiro atoms. The number of imidazole rings is 1. The fourth-order valence-corrected chi connectivity index (χ4v) is 6.41. The zero-order valence-corrected chi connectivity index (χ0v) is 21.8. The first-order valence-electron chi connectivity index (χ1n) is 13.8. The van der Waals surface area contributed by atoms with Crippen molar-refractivity contribution in [3.8, 4) is 5.69 Å². The van der Waals surface area contributed by atoms with Crippen LogP contribution in [0.1, 0.15) is 62.1 Å². The Labute approximate surface area is 222 Å². The number of hydrogen-bond acceptors (Lipinski definition) is 4. The summed E-state index contributed by atoms with van der Waals surface area (Å²) in [4.78, 5) is 17.7. The number of benzene rings is 2. The molecule has 1 amide bonds. The molecule has 1 heterocycles. The Balaban J connectivity index is 1.10. The lowest BCUT2D eigenvalue weighted by molar-refractivity contribution is -0.118. The number of carbonyl (C=O) groups excluding carboxylic acids is 1. The van der Waals surface area contributed by atoms with E-state index in [1.54, 1.807) is 6.33 Å². The number of aromatic nitrogens is 2. The number of anilines is 1. The third-order valence-corrected chi connectivity index (χ3v) is 8.59. The standard InChI is InChI=1S/C30H35F2N5O/c1-2-5-26(35-23-9-8-20-10-22(31)11-25(32)24(20)12-23)29(38)36-28-17-37(18-33-28)27-7-4-3-6-21(27)16-34-30-13-19(14-30)15-30/h3-4,6-7,10-11,17-19,23,26,34-35H,2,5,8-9,12-16H2,1H3,(H,36,38)/t19?,23-,26+,30?/m0/s1. The molecule has 1 aromatic heterocycles. The van der Waals surface area contributed by atoms with E-state index in [0.29, 0.717) is 36.2 Å². The van der Waals surface area contributed by atoms with Crippen LogP contribution in [0.25, 0.3) is 5.69 Å². The monoisotopic (exact) mass is 519 g/mol. The van der Waals surface area contributed by atoms with Crippen molar-refractivity contribution in [3.05, 3.63) is 77.2 Å². The van der Waals surface area contributed by atoms with Crippen molar-refractivity contribution in [3.63, 3.8) is 0 Å². The number of halogens is 2. The van der Waals surface area contributed by atoms with Gasteiger partial charge in [-0.15, -0.1) is 0 Å². The summed E-state index contributed by atoms with van der Waals surface area (Å²) >= 11 is 0. The maximum atomic E-state index is 14.4. The number of nitrogens with one attached hydrogen (secondary N) is 3. The highest BCUT2D eigenvalue weighted by molar-refractivity contribution is 5.94. The quantitative estimate of drug-likeness (QED) is 0.351. The van der Waals surface area contributed by atoms with Crippen LogP contribution in [0.15, 0.2) is 48.9 Å². The van der Waals surface area contributed by atoms with Gasteiger partial charge in [0.25, 0.3) is 0 Å². The molecule has 3 fully saturated rings. The van der Waals surface area contributed by atoms with Gasteiger partial charge < -0.3 is 20.5 Å². The van der Waals surface area contributed by atoms with Crippen molar-refractivity contribution in [2.75, 3.05) is 5.32 Å². The number of hydrogen-bond donors (Lipinski definition) is 3. The zero-order valence-electron chi connectivity index (χ0n) is 21.8. The van der Waals surface area contributed by atoms with Crippen molar-refractivity contribution < 1.29 is 13.6 Å². The first-order chi connectivity index (χ1) is 18.4. The molecule has 200 valence electrons. The number of para-hydroxylation sites is 1. The summed E-state index contributed by atoms with van der Waals surface area (Å²) < 4.78 is 29.9. The van der Waals surface area contributed by atoms with E-state index in [-0.39, 0.29) is 11.9 Å². The molecule has 3 N–H and O–H groups in total. The van der Waals surface area contributed by atoms with Crippen LogP contribution in [0.4, 0.5) is 14.6 Å². The van der Waals surface area contributed by atoms with Crippen molar-refractivity contribution >= 4 is 11.7 Å². The second-order valence-corrected chi connectivity index (χ2v) is 11.4. The maximum absolute atomic E-state index is 14.4. The summed E-state index contributed by atoms with van der Waals surface area (Å²) in [7, 11) is 0. The van der Waals surface area contributed by atoms with Gasteiger partial charge in [-0.05, 0) is 79.7 Å². The Bertz CT molecular complexity index is 1320. The highest BCUT2D eigenvalue weighted by atomic mass is 19.1. The molecule has 2 atom stereocenters. The Kier molecular flexibility index (Phi) is 6.78. The Morgan fingerprint density at radius 3 is 2.79 bits per heavy atom. The van der Waals surface area contributed by atoms with Crippen LogP contribution in [-0.2, 0) is 24.2 Å². The normalized spacial score (nSPS) is 24.2. The fourth-order valence-electron chi connectivity index (χ4n) is 6.41. The van der Waals surface area contributed by atoms with Crippen LogP contribution in [0.5, 0.6) is 0 Å². The summed E-state index contributed by atoms with van der Waals surface area (Å²) in [5.74, 6) is 0.233. The van der Waals surface area contributed by atoms with E-state index in [2.05, 4.69) is 39.1 Å². The van der Waals surface area contributed by atoms with Crippen molar-refractivity contribution in [1.82, 2.24) is 20.2 Å². The lowest BCUT2D eigenvalue weighted by atomic mass is 9.50. The molecule has 8 heteroatoms. The van der Waals surface area contributed by atoms with Crippen LogP contribution in [0.3, 0.4) is 0 Å². The van der Waals surface area contributed by atoms with Crippen LogP contribution < -0.4 is 16.0 Å². The van der Waals surface area contributed by atoms with Crippen LogP contribution in [0.2, 0.25) is 0 Å². The number of carbonyl (C=O) groups is 1. The van der Waals surface area contributed by atoms with E-state index in [1.165, 1.54) is 30.9 Å². The van der Waals surface area contributed by atoms with E-state index < -0.39 is 17.7 Å². The molecule has 0 unspecified atom stereocenters. The number of fused-ring (bicyclic) bond motifs is 1. The summed E-state index contributed by atoms with van der Waals surface area (Å²) in [6.07, 6.45) is 10.7. The molecular formula is C30H35F2N5O. The molecule has 2 aromatic carbocycles. The highest BCUT2D eigenvalue weighted by Crippen LogP contribution is 2.57. The second-order valence-electron chi connectivity index (χ2n) is 11.4. The van der Waals surface area contributed by atoms with E-state index in [4.69, 9.17) is 0 Å². The highest BCUT2D eigenvalue weighted by Gasteiger charge is 2.56. The predicted octanol–water partition coefficient (Wildman–Crippen LogP) is 5.05. The minimum atomic E-state index is -0.538. The molecule has 3 saturated carbocycles. The van der Waals surface area contributed by atoms with Gasteiger partial charge in [-0.25, -0.2) is 13.8 Å². The Morgan fingerprint density at radius 2 is 2.03 bits per heavy atom. The van der Waals surface area contributed by atoms with Gasteiger partial charge in [0.15, 0.2) is 5.82 Å². The summed E-state index contributed by atoms with van der Waals surface area (Å²) in [5, 5.41) is 10.2. The fraction of sp³-hybridized carbons (Fsp3) is 0.467. The van der Waals surface area contributed by atoms with Crippen LogP contribution in [0, 0.1) is 17.6 Å². The van der Waals surface area contributed by atoms with Gasteiger partial charge in [0.2, 0.25) is 5.91 Å². The van der Waals surface area contributed by atoms with Gasteiger partial charge in [0.05, 0.1) is 17.9 Å². The molecule has 6 nitrogen and oxygen atoms in total. The predicted molar refractivity (Wildman–Crippen MR) is 143 cm³/mol. The first-order valence-corrected chi connectivity index (χ1v) is 13.8. The maximum Gasteiger partial charge on any atom is 0.242 e. The van der Waals surface area contributed by atoms with E-state index in [0.717, 1.165) is 42.6 Å². The smallest absolute Gasteiger partial charge is 0.242 e. The molecule has 0 aliphatic heterocycles. The molecule has 4 aliphatic rings. The van der Waals surface area contributed by atoms with Crippen molar-refractivity contribution in [1.29, 1.82) is 0 Å². The van der Waals surface area contributed by atoms with Crippen molar-refractivity contribution in [2.24, 2.45) is 5.92 Å². The van der Waals surface area contributed by atoms with E-state index >= 15 is 0 Å².